The second-order valence-electron chi connectivity index (χ2n) is 5.56. The highest BCUT2D eigenvalue weighted by Gasteiger charge is 2.08. The molecule has 130 valence electrons. The molecule has 6 heteroatoms. The fourth-order valence-corrected chi connectivity index (χ4v) is 2.15. The number of benzene rings is 2. The summed E-state index contributed by atoms with van der Waals surface area (Å²) >= 11 is 0. The molecule has 0 aliphatic rings. The molecule has 2 aromatic carbocycles. The maximum Gasteiger partial charge on any atom is 0.337 e. The van der Waals surface area contributed by atoms with Crippen molar-refractivity contribution in [3.63, 3.8) is 0 Å². The Morgan fingerprint density at radius 2 is 1.56 bits per heavy atom. The number of aryl methyl sites for hydroxylation is 1. The molecule has 0 aliphatic carbocycles. The molecule has 2 aromatic rings. The molecule has 0 aliphatic heterocycles. The van der Waals surface area contributed by atoms with Crippen LogP contribution in [0.2, 0.25) is 0 Å². The fraction of sp³-hybridized carbons (Fsp3) is 0.211. The van der Waals surface area contributed by atoms with E-state index in [4.69, 9.17) is 0 Å². The molecule has 2 N–H and O–H groups in total. The summed E-state index contributed by atoms with van der Waals surface area (Å²) in [7, 11) is 1.30. The lowest BCUT2D eigenvalue weighted by Gasteiger charge is -2.08. The van der Waals surface area contributed by atoms with Crippen LogP contribution >= 0.6 is 0 Å². The molecule has 0 radical (unpaired) electrons. The van der Waals surface area contributed by atoms with Crippen molar-refractivity contribution in [3.05, 3.63) is 65.2 Å². The summed E-state index contributed by atoms with van der Waals surface area (Å²) in [6.07, 6.45) is 0.224. The van der Waals surface area contributed by atoms with Gasteiger partial charge < -0.3 is 15.4 Å². The van der Waals surface area contributed by atoms with E-state index in [0.717, 1.165) is 11.1 Å². The van der Waals surface area contributed by atoms with Crippen LogP contribution in [0.25, 0.3) is 0 Å². The lowest BCUT2D eigenvalue weighted by molar-refractivity contribution is -0.123. The molecule has 2 rings (SSSR count). The molecule has 6 nitrogen and oxygen atoms in total. The van der Waals surface area contributed by atoms with Gasteiger partial charge in [0.1, 0.15) is 0 Å². The fourth-order valence-electron chi connectivity index (χ4n) is 2.15. The molecular formula is C19H20N2O4. The topological polar surface area (TPSA) is 84.5 Å². The van der Waals surface area contributed by atoms with Crippen molar-refractivity contribution in [2.24, 2.45) is 0 Å². The van der Waals surface area contributed by atoms with E-state index < -0.39 is 5.97 Å². The van der Waals surface area contributed by atoms with Gasteiger partial charge in [0, 0.05) is 5.69 Å². The molecule has 0 bridgehead atoms. The number of anilines is 1. The Morgan fingerprint density at radius 3 is 2.16 bits per heavy atom. The predicted molar refractivity (Wildman–Crippen MR) is 94.3 cm³/mol. The largest absolute Gasteiger partial charge is 0.465 e. The third-order valence-corrected chi connectivity index (χ3v) is 3.52. The Bertz CT molecular complexity index is 752. The molecule has 0 atom stereocenters. The van der Waals surface area contributed by atoms with Crippen molar-refractivity contribution in [2.45, 2.75) is 13.3 Å². The van der Waals surface area contributed by atoms with Gasteiger partial charge in [-0.25, -0.2) is 4.79 Å². The lowest BCUT2D eigenvalue weighted by atomic mass is 10.1. The summed E-state index contributed by atoms with van der Waals surface area (Å²) in [5.41, 5.74) is 2.95. The highest BCUT2D eigenvalue weighted by molar-refractivity contribution is 5.95. The summed E-state index contributed by atoms with van der Waals surface area (Å²) in [5.74, 6) is -1.01. The maximum absolute atomic E-state index is 11.9. The van der Waals surface area contributed by atoms with Crippen LogP contribution < -0.4 is 10.6 Å². The standard InChI is InChI=1S/C19H20N2O4/c1-13-3-5-14(6-4-13)11-17(22)20-12-18(23)21-16-9-7-15(8-10-16)19(24)25-2/h3-10H,11-12H2,1-2H3,(H,20,22)(H,21,23). The van der Waals surface area contributed by atoms with E-state index >= 15 is 0 Å². The Morgan fingerprint density at radius 1 is 0.920 bits per heavy atom. The van der Waals surface area contributed by atoms with Crippen LogP contribution in [0.1, 0.15) is 21.5 Å². The number of hydrogen-bond acceptors (Lipinski definition) is 4. The van der Waals surface area contributed by atoms with Gasteiger partial charge in [0.25, 0.3) is 0 Å². The lowest BCUT2D eigenvalue weighted by Crippen LogP contribution is -2.33. The molecule has 0 saturated heterocycles. The zero-order valence-electron chi connectivity index (χ0n) is 14.2. The van der Waals surface area contributed by atoms with Gasteiger partial charge in [0.05, 0.1) is 25.6 Å². The number of methoxy groups -OCH3 is 1. The highest BCUT2D eigenvalue weighted by Crippen LogP contribution is 2.10. The monoisotopic (exact) mass is 340 g/mol. The number of hydrogen-bond donors (Lipinski definition) is 2. The smallest absolute Gasteiger partial charge is 0.337 e. The van der Waals surface area contributed by atoms with Crippen LogP contribution in [0.3, 0.4) is 0 Å². The average molecular weight is 340 g/mol. The Kier molecular flexibility index (Phi) is 6.28. The van der Waals surface area contributed by atoms with Gasteiger partial charge in [-0.2, -0.15) is 0 Å². The third-order valence-electron chi connectivity index (χ3n) is 3.52. The summed E-state index contributed by atoms with van der Waals surface area (Å²) in [5, 5.41) is 5.23. The van der Waals surface area contributed by atoms with Gasteiger partial charge in [-0.05, 0) is 36.8 Å². The van der Waals surface area contributed by atoms with Crippen LogP contribution in [0.15, 0.2) is 48.5 Å². The van der Waals surface area contributed by atoms with E-state index in [9.17, 15) is 14.4 Å². The van der Waals surface area contributed by atoms with Crippen molar-refractivity contribution < 1.29 is 19.1 Å². The van der Waals surface area contributed by atoms with Gasteiger partial charge in [0.2, 0.25) is 11.8 Å². The number of carbonyl (C=O) groups excluding carboxylic acids is 3. The van der Waals surface area contributed by atoms with Gasteiger partial charge >= 0.3 is 5.97 Å². The molecule has 0 saturated carbocycles. The molecule has 0 unspecified atom stereocenters. The minimum Gasteiger partial charge on any atom is -0.465 e. The van der Waals surface area contributed by atoms with E-state index in [0.29, 0.717) is 11.3 Å². The first-order valence-electron chi connectivity index (χ1n) is 7.78. The van der Waals surface area contributed by atoms with E-state index in [1.54, 1.807) is 24.3 Å². The second kappa shape index (κ2) is 8.63. The first-order valence-corrected chi connectivity index (χ1v) is 7.78. The van der Waals surface area contributed by atoms with E-state index in [1.165, 1.54) is 7.11 Å². The summed E-state index contributed by atoms with van der Waals surface area (Å²) in [6, 6.07) is 13.9. The van der Waals surface area contributed by atoms with E-state index in [1.807, 2.05) is 31.2 Å². The molecule has 0 aromatic heterocycles. The van der Waals surface area contributed by atoms with Crippen LogP contribution in [0.5, 0.6) is 0 Å². The minimum absolute atomic E-state index is 0.122. The molecule has 2 amide bonds. The summed E-state index contributed by atoms with van der Waals surface area (Å²) in [4.78, 5) is 35.1. The first kappa shape index (κ1) is 18.2. The Hall–Kier alpha value is -3.15. The van der Waals surface area contributed by atoms with E-state index in [2.05, 4.69) is 15.4 Å². The molecular weight excluding hydrogens is 320 g/mol. The van der Waals surface area contributed by atoms with Crippen molar-refractivity contribution in [3.8, 4) is 0 Å². The highest BCUT2D eigenvalue weighted by atomic mass is 16.5. The van der Waals surface area contributed by atoms with Gasteiger partial charge in [0.15, 0.2) is 0 Å². The maximum atomic E-state index is 11.9. The normalized spacial score (nSPS) is 10.0. The summed E-state index contributed by atoms with van der Waals surface area (Å²) < 4.78 is 4.60. The van der Waals surface area contributed by atoms with Crippen LogP contribution in [-0.4, -0.2) is 31.4 Å². The average Bonchev–Trinajstić information content (AvgIpc) is 2.62. The second-order valence-corrected chi connectivity index (χ2v) is 5.56. The zero-order chi connectivity index (χ0) is 18.2. The first-order chi connectivity index (χ1) is 12.0. The van der Waals surface area contributed by atoms with Crippen molar-refractivity contribution in [2.75, 3.05) is 19.0 Å². The van der Waals surface area contributed by atoms with Crippen LogP contribution in [0, 0.1) is 6.92 Å². The Balaban J connectivity index is 1.79. The van der Waals surface area contributed by atoms with Crippen molar-refractivity contribution in [1.82, 2.24) is 5.32 Å². The SMILES string of the molecule is COC(=O)c1ccc(NC(=O)CNC(=O)Cc2ccc(C)cc2)cc1. The van der Waals surface area contributed by atoms with Gasteiger partial charge in [-0.3, -0.25) is 9.59 Å². The number of nitrogens with one attached hydrogen (secondary N) is 2. The quantitative estimate of drug-likeness (QED) is 0.789. The van der Waals surface area contributed by atoms with E-state index in [-0.39, 0.29) is 24.8 Å². The Labute approximate surface area is 146 Å². The van der Waals surface area contributed by atoms with Crippen molar-refractivity contribution >= 4 is 23.5 Å². The van der Waals surface area contributed by atoms with Crippen molar-refractivity contribution in [1.29, 1.82) is 0 Å². The van der Waals surface area contributed by atoms with Gasteiger partial charge in [-0.1, -0.05) is 29.8 Å². The number of amides is 2. The number of carbonyl (C=O) groups is 3. The number of rotatable bonds is 6. The van der Waals surface area contributed by atoms with Crippen LogP contribution in [0.4, 0.5) is 5.69 Å². The molecule has 0 spiro atoms. The number of ether oxygens (including phenoxy) is 1. The van der Waals surface area contributed by atoms with Crippen LogP contribution in [-0.2, 0) is 20.7 Å². The molecule has 25 heavy (non-hydrogen) atoms. The minimum atomic E-state index is -0.443. The summed E-state index contributed by atoms with van der Waals surface area (Å²) in [6.45, 7) is 1.86. The van der Waals surface area contributed by atoms with Gasteiger partial charge in [-0.15, -0.1) is 0 Å². The third kappa shape index (κ3) is 5.76. The molecule has 0 heterocycles. The zero-order valence-corrected chi connectivity index (χ0v) is 14.2. The molecule has 0 fully saturated rings. The number of esters is 1. The predicted octanol–water partition coefficient (Wildman–Crippen LogP) is 2.08.